The summed E-state index contributed by atoms with van der Waals surface area (Å²) < 4.78 is 33.9. The lowest BCUT2D eigenvalue weighted by atomic mass is 10.1. The van der Waals surface area contributed by atoms with E-state index in [2.05, 4.69) is 0 Å². The summed E-state index contributed by atoms with van der Waals surface area (Å²) in [6.07, 6.45) is 0.886. The highest BCUT2D eigenvalue weighted by Gasteiger charge is 2.20. The van der Waals surface area contributed by atoms with Crippen LogP contribution < -0.4 is 0 Å². The summed E-state index contributed by atoms with van der Waals surface area (Å²) in [5, 5.41) is -1.08. The Balaban J connectivity index is 2.98. The van der Waals surface area contributed by atoms with E-state index in [-0.39, 0.29) is 0 Å². The highest BCUT2D eigenvalue weighted by Crippen LogP contribution is 2.23. The first-order valence-electron chi connectivity index (χ1n) is 4.47. The molecule has 4 heteroatoms. The topological polar surface area (TPSA) is 34.1 Å². The molecule has 0 N–H and O–H groups in total. The Hall–Kier alpha value is -0.900. The lowest BCUT2D eigenvalue weighted by Gasteiger charge is -2.07. The maximum absolute atomic E-state index is 12.6. The summed E-state index contributed by atoms with van der Waals surface area (Å²) in [6, 6.07) is 6.94. The quantitative estimate of drug-likeness (QED) is 0.728. The molecule has 0 aliphatic rings. The largest absolute Gasteiger partial charge is 0.309 e. The molecule has 0 radical (unpaired) electrons. The second-order valence-corrected chi connectivity index (χ2v) is 4.87. The van der Waals surface area contributed by atoms with Crippen LogP contribution in [-0.4, -0.2) is 8.42 Å². The maximum atomic E-state index is 12.6. The fourth-order valence-electron chi connectivity index (χ4n) is 1.19. The van der Waals surface area contributed by atoms with E-state index in [1.165, 1.54) is 6.92 Å². The van der Waals surface area contributed by atoms with Gasteiger partial charge in [0.25, 0.3) is 0 Å². The second-order valence-electron chi connectivity index (χ2n) is 3.21. The van der Waals surface area contributed by atoms with Gasteiger partial charge in [-0.3, -0.25) is 0 Å². The average molecular weight is 216 g/mol. The number of halogens is 1. The van der Waals surface area contributed by atoms with Crippen LogP contribution in [0.5, 0.6) is 0 Å². The van der Waals surface area contributed by atoms with Crippen molar-refractivity contribution < 1.29 is 12.3 Å². The van der Waals surface area contributed by atoms with Gasteiger partial charge in [0.2, 0.25) is 0 Å². The van der Waals surface area contributed by atoms with Crippen molar-refractivity contribution in [2.45, 2.75) is 25.5 Å². The van der Waals surface area contributed by atoms with Crippen molar-refractivity contribution >= 4 is 10.2 Å². The second kappa shape index (κ2) is 4.09. The Morgan fingerprint density at radius 1 is 1.29 bits per heavy atom. The molecule has 0 saturated carbocycles. The molecule has 0 heterocycles. The Kier molecular flexibility index (Phi) is 3.26. The Labute approximate surface area is 84.0 Å². The molecule has 0 saturated heterocycles. The van der Waals surface area contributed by atoms with Gasteiger partial charge in [-0.2, -0.15) is 8.42 Å². The normalized spacial score (nSPS) is 13.9. The minimum atomic E-state index is -4.48. The molecule has 0 bridgehead atoms. The molecular formula is C10H13FO2S. The van der Waals surface area contributed by atoms with Crippen LogP contribution >= 0.6 is 0 Å². The van der Waals surface area contributed by atoms with E-state index in [1.54, 1.807) is 12.1 Å². The molecule has 1 rings (SSSR count). The lowest BCUT2D eigenvalue weighted by Crippen LogP contribution is -2.03. The van der Waals surface area contributed by atoms with Crippen molar-refractivity contribution in [1.82, 2.24) is 0 Å². The van der Waals surface area contributed by atoms with Crippen molar-refractivity contribution in [3.05, 3.63) is 35.4 Å². The number of benzene rings is 1. The molecule has 1 atom stereocenters. The highest BCUT2D eigenvalue weighted by atomic mass is 32.3. The van der Waals surface area contributed by atoms with E-state index >= 15 is 0 Å². The standard InChI is InChI=1S/C10H13FO2S/c1-3-9-4-6-10(7-5-9)8(2)14(11,12)13/h4-8H,3H2,1-2H3. The van der Waals surface area contributed by atoms with Gasteiger partial charge in [0.15, 0.2) is 0 Å². The van der Waals surface area contributed by atoms with Crippen LogP contribution in [0.25, 0.3) is 0 Å². The van der Waals surface area contributed by atoms with E-state index in [1.807, 2.05) is 19.1 Å². The van der Waals surface area contributed by atoms with Crippen LogP contribution in [0.2, 0.25) is 0 Å². The molecule has 0 aromatic heterocycles. The van der Waals surface area contributed by atoms with Gasteiger partial charge in [-0.25, -0.2) is 0 Å². The van der Waals surface area contributed by atoms with Gasteiger partial charge in [0.1, 0.15) is 5.25 Å². The first-order chi connectivity index (χ1) is 6.45. The average Bonchev–Trinajstić information content (AvgIpc) is 2.15. The lowest BCUT2D eigenvalue weighted by molar-refractivity contribution is 0.540. The zero-order valence-corrected chi connectivity index (χ0v) is 9.01. The third-order valence-electron chi connectivity index (χ3n) is 2.28. The Morgan fingerprint density at radius 3 is 2.14 bits per heavy atom. The zero-order chi connectivity index (χ0) is 10.8. The summed E-state index contributed by atoms with van der Waals surface area (Å²) >= 11 is 0. The third-order valence-corrected chi connectivity index (χ3v) is 3.40. The Morgan fingerprint density at radius 2 is 1.79 bits per heavy atom. The summed E-state index contributed by atoms with van der Waals surface area (Å²) in [5.74, 6) is 0. The first-order valence-corrected chi connectivity index (χ1v) is 5.92. The number of hydrogen-bond acceptors (Lipinski definition) is 2. The van der Waals surface area contributed by atoms with Crippen LogP contribution in [-0.2, 0) is 16.6 Å². The monoisotopic (exact) mass is 216 g/mol. The molecule has 14 heavy (non-hydrogen) atoms. The van der Waals surface area contributed by atoms with Crippen LogP contribution in [0, 0.1) is 0 Å². The minimum Gasteiger partial charge on any atom is -0.194 e. The van der Waals surface area contributed by atoms with Crippen LogP contribution in [0.3, 0.4) is 0 Å². The van der Waals surface area contributed by atoms with Crippen molar-refractivity contribution in [3.63, 3.8) is 0 Å². The molecule has 0 aliphatic carbocycles. The minimum absolute atomic E-state index is 0.490. The van der Waals surface area contributed by atoms with E-state index in [4.69, 9.17) is 0 Å². The summed E-state index contributed by atoms with van der Waals surface area (Å²) in [5.41, 5.74) is 1.60. The van der Waals surface area contributed by atoms with Crippen molar-refractivity contribution in [2.75, 3.05) is 0 Å². The van der Waals surface area contributed by atoms with Crippen molar-refractivity contribution in [1.29, 1.82) is 0 Å². The number of rotatable bonds is 3. The third kappa shape index (κ3) is 2.54. The van der Waals surface area contributed by atoms with Gasteiger partial charge in [-0.15, -0.1) is 3.89 Å². The summed E-state index contributed by atoms with van der Waals surface area (Å²) in [6.45, 7) is 3.35. The van der Waals surface area contributed by atoms with Crippen molar-refractivity contribution in [2.24, 2.45) is 0 Å². The fraction of sp³-hybridized carbons (Fsp3) is 0.400. The molecule has 1 aromatic carbocycles. The van der Waals surface area contributed by atoms with Crippen LogP contribution in [0.4, 0.5) is 3.89 Å². The molecule has 2 nitrogen and oxygen atoms in total. The molecule has 1 aromatic rings. The predicted octanol–water partition coefficient (Wildman–Crippen LogP) is 2.61. The van der Waals surface area contributed by atoms with E-state index < -0.39 is 15.5 Å². The van der Waals surface area contributed by atoms with E-state index in [9.17, 15) is 12.3 Å². The van der Waals surface area contributed by atoms with E-state index in [0.29, 0.717) is 5.56 Å². The van der Waals surface area contributed by atoms with Gasteiger partial charge in [0.05, 0.1) is 0 Å². The van der Waals surface area contributed by atoms with Gasteiger partial charge in [0, 0.05) is 0 Å². The molecule has 0 aliphatic heterocycles. The Bertz CT molecular complexity index is 395. The molecule has 78 valence electrons. The fourth-order valence-corrected chi connectivity index (χ4v) is 1.67. The number of hydrogen-bond donors (Lipinski definition) is 0. The predicted molar refractivity (Wildman–Crippen MR) is 54.3 cm³/mol. The van der Waals surface area contributed by atoms with Crippen LogP contribution in [0.1, 0.15) is 30.2 Å². The van der Waals surface area contributed by atoms with Crippen molar-refractivity contribution in [3.8, 4) is 0 Å². The van der Waals surface area contributed by atoms with Gasteiger partial charge in [-0.05, 0) is 24.5 Å². The zero-order valence-electron chi connectivity index (χ0n) is 8.20. The van der Waals surface area contributed by atoms with Gasteiger partial charge >= 0.3 is 10.2 Å². The van der Waals surface area contributed by atoms with Crippen LogP contribution in [0.15, 0.2) is 24.3 Å². The van der Waals surface area contributed by atoms with E-state index in [0.717, 1.165) is 12.0 Å². The number of aryl methyl sites for hydroxylation is 1. The molecule has 0 fully saturated rings. The highest BCUT2D eigenvalue weighted by molar-refractivity contribution is 7.86. The molecule has 0 spiro atoms. The first kappa shape index (κ1) is 11.2. The SMILES string of the molecule is CCc1ccc(C(C)S(=O)(=O)F)cc1. The van der Waals surface area contributed by atoms with Gasteiger partial charge < -0.3 is 0 Å². The molecule has 1 unspecified atom stereocenters. The molecular weight excluding hydrogens is 203 g/mol. The summed E-state index contributed by atoms with van der Waals surface area (Å²) in [7, 11) is -4.48. The summed E-state index contributed by atoms with van der Waals surface area (Å²) in [4.78, 5) is 0. The van der Waals surface area contributed by atoms with Gasteiger partial charge in [-0.1, -0.05) is 31.2 Å². The smallest absolute Gasteiger partial charge is 0.194 e. The molecule has 0 amide bonds. The maximum Gasteiger partial charge on any atom is 0.309 e.